The van der Waals surface area contributed by atoms with E-state index in [0.29, 0.717) is 33.6 Å². The third-order valence-corrected chi connectivity index (χ3v) is 7.43. The molecule has 1 aliphatic carbocycles. The standard InChI is InChI=1S/C23H25N5O2S/c1-11-7-5-8-12(2)28(11)27-23(30)16-10-6-9-15-17(16)21(29)18-19(15)25-26-20(18)22-13(3)24-14(4)31-22/h6,9-12H,5,7-8H2,1-4H3,(H,25,26)(H,27,30). The molecule has 3 heterocycles. The lowest BCUT2D eigenvalue weighted by molar-refractivity contribution is 0.0369. The van der Waals surface area contributed by atoms with Crippen LogP contribution in [0, 0.1) is 13.8 Å². The Hall–Kier alpha value is -2.84. The highest BCUT2D eigenvalue weighted by Gasteiger charge is 2.37. The number of hydrogen-bond donors (Lipinski definition) is 2. The van der Waals surface area contributed by atoms with Crippen molar-refractivity contribution in [2.75, 3.05) is 0 Å². The van der Waals surface area contributed by atoms with Gasteiger partial charge in [-0.2, -0.15) is 5.10 Å². The van der Waals surface area contributed by atoms with Crippen molar-refractivity contribution < 1.29 is 9.59 Å². The maximum atomic E-state index is 13.5. The average molecular weight is 436 g/mol. The molecule has 31 heavy (non-hydrogen) atoms. The summed E-state index contributed by atoms with van der Waals surface area (Å²) < 4.78 is 0. The van der Waals surface area contributed by atoms with Gasteiger partial charge in [-0.15, -0.1) is 11.3 Å². The number of fused-ring (bicyclic) bond motifs is 3. The van der Waals surface area contributed by atoms with E-state index in [0.717, 1.165) is 34.8 Å². The summed E-state index contributed by atoms with van der Waals surface area (Å²) in [6, 6.07) is 5.93. The molecular formula is C23H25N5O2S. The zero-order valence-corrected chi connectivity index (χ0v) is 18.9. The number of aromatic amines is 1. The molecule has 1 amide bonds. The monoisotopic (exact) mass is 435 g/mol. The van der Waals surface area contributed by atoms with Crippen LogP contribution in [0.5, 0.6) is 0 Å². The van der Waals surface area contributed by atoms with Gasteiger partial charge in [0.15, 0.2) is 5.78 Å². The highest BCUT2D eigenvalue weighted by molar-refractivity contribution is 7.15. The molecule has 1 aliphatic heterocycles. The van der Waals surface area contributed by atoms with Gasteiger partial charge in [-0.1, -0.05) is 18.6 Å². The van der Waals surface area contributed by atoms with E-state index in [1.165, 1.54) is 11.3 Å². The van der Waals surface area contributed by atoms with Gasteiger partial charge in [0.25, 0.3) is 5.91 Å². The fraction of sp³-hybridized carbons (Fsp3) is 0.391. The van der Waals surface area contributed by atoms with Gasteiger partial charge in [0, 0.05) is 23.2 Å². The van der Waals surface area contributed by atoms with Crippen LogP contribution in [0.3, 0.4) is 0 Å². The molecule has 3 aromatic rings. The minimum absolute atomic E-state index is 0.162. The Balaban J connectivity index is 1.53. The van der Waals surface area contributed by atoms with Gasteiger partial charge in [-0.3, -0.25) is 20.1 Å². The van der Waals surface area contributed by atoms with Crippen LogP contribution in [0.2, 0.25) is 0 Å². The predicted octanol–water partition coefficient (Wildman–Crippen LogP) is 4.27. The zero-order valence-electron chi connectivity index (χ0n) is 18.1. The molecular weight excluding hydrogens is 410 g/mol. The van der Waals surface area contributed by atoms with Crippen LogP contribution in [0.25, 0.3) is 21.8 Å². The largest absolute Gasteiger partial charge is 0.288 e. The summed E-state index contributed by atoms with van der Waals surface area (Å²) in [4.78, 5) is 32.2. The number of thiazole rings is 1. The predicted molar refractivity (Wildman–Crippen MR) is 120 cm³/mol. The van der Waals surface area contributed by atoms with Gasteiger partial charge in [0.2, 0.25) is 0 Å². The van der Waals surface area contributed by atoms with Crippen LogP contribution >= 0.6 is 11.3 Å². The maximum absolute atomic E-state index is 13.5. The number of aromatic nitrogens is 3. The maximum Gasteiger partial charge on any atom is 0.266 e. The lowest BCUT2D eigenvalue weighted by atomic mass is 9.99. The first-order valence-corrected chi connectivity index (χ1v) is 11.5. The molecule has 0 saturated carbocycles. The van der Waals surface area contributed by atoms with E-state index < -0.39 is 0 Å². The van der Waals surface area contributed by atoms with E-state index in [4.69, 9.17) is 0 Å². The third kappa shape index (κ3) is 3.13. The Morgan fingerprint density at radius 1 is 1.19 bits per heavy atom. The van der Waals surface area contributed by atoms with Crippen molar-refractivity contribution in [1.82, 2.24) is 25.6 Å². The van der Waals surface area contributed by atoms with Crippen molar-refractivity contribution in [3.63, 3.8) is 0 Å². The Morgan fingerprint density at radius 2 is 1.94 bits per heavy atom. The average Bonchev–Trinajstić information content (AvgIpc) is 3.39. The second-order valence-corrected chi connectivity index (χ2v) is 9.71. The van der Waals surface area contributed by atoms with Crippen molar-refractivity contribution >= 4 is 23.0 Å². The minimum atomic E-state index is -0.244. The second kappa shape index (κ2) is 7.39. The van der Waals surface area contributed by atoms with Gasteiger partial charge in [0.1, 0.15) is 5.69 Å². The molecule has 160 valence electrons. The van der Waals surface area contributed by atoms with Crippen molar-refractivity contribution in [3.05, 3.63) is 45.6 Å². The van der Waals surface area contributed by atoms with E-state index >= 15 is 0 Å². The summed E-state index contributed by atoms with van der Waals surface area (Å²) in [5.41, 5.74) is 7.29. The van der Waals surface area contributed by atoms with Crippen LogP contribution in [0.1, 0.15) is 70.1 Å². The van der Waals surface area contributed by atoms with E-state index in [9.17, 15) is 9.59 Å². The number of hydrogen-bond acceptors (Lipinski definition) is 6. The molecule has 8 heteroatoms. The van der Waals surface area contributed by atoms with Crippen LogP contribution in [-0.2, 0) is 0 Å². The smallest absolute Gasteiger partial charge is 0.266 e. The number of aryl methyl sites for hydroxylation is 2. The van der Waals surface area contributed by atoms with Gasteiger partial charge in [-0.25, -0.2) is 9.99 Å². The molecule has 7 nitrogen and oxygen atoms in total. The first-order chi connectivity index (χ1) is 14.9. The topological polar surface area (TPSA) is 91.0 Å². The molecule has 2 N–H and O–H groups in total. The highest BCUT2D eigenvalue weighted by atomic mass is 32.1. The first-order valence-electron chi connectivity index (χ1n) is 10.7. The van der Waals surface area contributed by atoms with E-state index in [-0.39, 0.29) is 23.8 Å². The lowest BCUT2D eigenvalue weighted by Crippen LogP contribution is -2.54. The summed E-state index contributed by atoms with van der Waals surface area (Å²) in [6.07, 6.45) is 3.25. The molecule has 0 spiro atoms. The zero-order chi connectivity index (χ0) is 21.9. The molecule has 2 aliphatic rings. The van der Waals surface area contributed by atoms with Gasteiger partial charge in [-0.05, 0) is 46.6 Å². The SMILES string of the molecule is Cc1nc(C)c(-c2[nH]nc3c2C(=O)c2c(C(=O)NN4C(C)CCCC4C)cccc2-3)s1. The van der Waals surface area contributed by atoms with Gasteiger partial charge in [0.05, 0.1) is 32.4 Å². The number of nitrogens with one attached hydrogen (secondary N) is 2. The van der Waals surface area contributed by atoms with Crippen LogP contribution in [0.15, 0.2) is 18.2 Å². The molecule has 1 fully saturated rings. The summed E-state index contributed by atoms with van der Waals surface area (Å²) in [5, 5.41) is 10.4. The molecule has 2 atom stereocenters. The van der Waals surface area contributed by atoms with Crippen molar-refractivity contribution in [3.8, 4) is 21.8 Å². The van der Waals surface area contributed by atoms with Crippen molar-refractivity contribution in [2.45, 2.75) is 59.0 Å². The third-order valence-electron chi connectivity index (χ3n) is 6.34. The number of nitrogens with zero attached hydrogens (tertiary/aromatic N) is 3. The molecule has 2 aromatic heterocycles. The second-order valence-electron chi connectivity index (χ2n) is 8.50. The van der Waals surface area contributed by atoms with E-state index in [1.54, 1.807) is 6.07 Å². The quantitative estimate of drug-likeness (QED) is 0.501. The molecule has 1 aromatic carbocycles. The summed E-state index contributed by atoms with van der Waals surface area (Å²) >= 11 is 1.53. The van der Waals surface area contributed by atoms with E-state index in [1.807, 2.05) is 31.0 Å². The Kier molecular flexibility index (Phi) is 4.79. The number of H-pyrrole nitrogens is 1. The Bertz CT molecular complexity index is 1200. The number of carbonyl (C=O) groups is 2. The van der Waals surface area contributed by atoms with Crippen molar-refractivity contribution in [1.29, 1.82) is 0 Å². The lowest BCUT2D eigenvalue weighted by Gasteiger charge is -2.38. The summed E-state index contributed by atoms with van der Waals surface area (Å²) in [6.45, 7) is 8.12. The number of benzene rings is 1. The summed E-state index contributed by atoms with van der Waals surface area (Å²) in [7, 11) is 0. The fourth-order valence-corrected chi connectivity index (χ4v) is 5.73. The Morgan fingerprint density at radius 3 is 2.61 bits per heavy atom. The normalized spacial score (nSPS) is 20.6. The van der Waals surface area contributed by atoms with Gasteiger partial charge >= 0.3 is 0 Å². The summed E-state index contributed by atoms with van der Waals surface area (Å²) in [5.74, 6) is -0.406. The number of ketones is 1. The van der Waals surface area contributed by atoms with E-state index in [2.05, 4.69) is 34.5 Å². The molecule has 2 unspecified atom stereocenters. The molecule has 0 bridgehead atoms. The Labute approximate surface area is 184 Å². The molecule has 0 radical (unpaired) electrons. The number of carbonyl (C=O) groups excluding carboxylic acids is 2. The van der Waals surface area contributed by atoms with Crippen LogP contribution < -0.4 is 5.43 Å². The minimum Gasteiger partial charge on any atom is -0.288 e. The first kappa shape index (κ1) is 20.1. The van der Waals surface area contributed by atoms with Crippen LogP contribution in [-0.4, -0.2) is 44.0 Å². The van der Waals surface area contributed by atoms with Crippen LogP contribution in [0.4, 0.5) is 0 Å². The highest BCUT2D eigenvalue weighted by Crippen LogP contribution is 2.43. The fourth-order valence-electron chi connectivity index (χ4n) is 4.81. The molecule has 1 saturated heterocycles. The molecule has 5 rings (SSSR count). The van der Waals surface area contributed by atoms with Gasteiger partial charge < -0.3 is 0 Å². The number of rotatable bonds is 3. The number of amides is 1. The number of piperidine rings is 1. The van der Waals surface area contributed by atoms with Crippen molar-refractivity contribution in [2.24, 2.45) is 0 Å². The number of hydrazine groups is 1.